The summed E-state index contributed by atoms with van der Waals surface area (Å²) < 4.78 is 13.9. The average Bonchev–Trinajstić information content (AvgIpc) is 3.34. The Bertz CT molecular complexity index is 1320. The van der Waals surface area contributed by atoms with E-state index in [1.54, 1.807) is 12.1 Å². The number of hydrogen-bond donors (Lipinski definition) is 0. The summed E-state index contributed by atoms with van der Waals surface area (Å²) in [5.74, 6) is 1.96. The van der Waals surface area contributed by atoms with Gasteiger partial charge in [-0.05, 0) is 77.0 Å². The Labute approximate surface area is 240 Å². The molecule has 2 saturated heterocycles. The van der Waals surface area contributed by atoms with Crippen molar-refractivity contribution < 1.29 is 4.39 Å². The number of hydrogen-bond acceptors (Lipinski definition) is 7. The largest absolute Gasteiger partial charge is 0.352 e. The van der Waals surface area contributed by atoms with Gasteiger partial charge in [-0.25, -0.2) is 14.4 Å². The molecule has 2 fully saturated rings. The van der Waals surface area contributed by atoms with Crippen LogP contribution in [0.15, 0.2) is 36.5 Å². The fourth-order valence-electron chi connectivity index (χ4n) is 5.41. The van der Waals surface area contributed by atoms with Gasteiger partial charge in [-0.15, -0.1) is 0 Å². The van der Waals surface area contributed by atoms with E-state index >= 15 is 0 Å². The molecule has 0 N–H and O–H groups in total. The fraction of sp³-hybridized carbons (Fsp3) is 0.483. The van der Waals surface area contributed by atoms with Crippen LogP contribution in [0.5, 0.6) is 0 Å². The van der Waals surface area contributed by atoms with Crippen LogP contribution in [0.1, 0.15) is 32.3 Å². The molecular formula is C29H36Cl2FN7. The molecule has 0 radical (unpaired) electrons. The van der Waals surface area contributed by atoms with E-state index < -0.39 is 5.82 Å². The summed E-state index contributed by atoms with van der Waals surface area (Å²) in [6.07, 6.45) is 5.08. The van der Waals surface area contributed by atoms with E-state index in [-0.39, 0.29) is 11.1 Å². The Morgan fingerprint density at radius 3 is 2.46 bits per heavy atom. The summed E-state index contributed by atoms with van der Waals surface area (Å²) in [6, 6.07) is 9.31. The first-order chi connectivity index (χ1) is 18.7. The molecule has 7 nitrogen and oxygen atoms in total. The molecule has 2 aliphatic rings. The first-order valence-electron chi connectivity index (χ1n) is 13.6. The number of aromatic nitrogens is 3. The lowest BCUT2D eigenvalue weighted by Gasteiger charge is -2.41. The predicted octanol–water partition coefficient (Wildman–Crippen LogP) is 5.79. The molecule has 10 heteroatoms. The minimum Gasteiger partial charge on any atom is -0.352 e. The van der Waals surface area contributed by atoms with Crippen molar-refractivity contribution in [3.8, 4) is 11.3 Å². The zero-order chi connectivity index (χ0) is 27.7. The van der Waals surface area contributed by atoms with E-state index in [1.807, 2.05) is 18.3 Å². The third-order valence-electron chi connectivity index (χ3n) is 7.67. The molecule has 2 unspecified atom stereocenters. The van der Waals surface area contributed by atoms with Crippen molar-refractivity contribution in [2.75, 3.05) is 61.5 Å². The van der Waals surface area contributed by atoms with Crippen LogP contribution < -0.4 is 14.7 Å². The third-order valence-corrected chi connectivity index (χ3v) is 8.24. The van der Waals surface area contributed by atoms with Gasteiger partial charge in [0, 0.05) is 62.6 Å². The van der Waals surface area contributed by atoms with Gasteiger partial charge in [0.05, 0.1) is 15.7 Å². The van der Waals surface area contributed by atoms with Gasteiger partial charge in [0.15, 0.2) is 0 Å². The monoisotopic (exact) mass is 571 g/mol. The second-order valence-corrected chi connectivity index (χ2v) is 11.7. The summed E-state index contributed by atoms with van der Waals surface area (Å²) in [7, 11) is 4.13. The molecule has 3 aromatic rings. The van der Waals surface area contributed by atoms with E-state index in [0.29, 0.717) is 17.0 Å². The normalized spacial score (nSPS) is 19.8. The van der Waals surface area contributed by atoms with Crippen LogP contribution in [0, 0.1) is 5.82 Å². The lowest BCUT2D eigenvalue weighted by Crippen LogP contribution is -2.52. The summed E-state index contributed by atoms with van der Waals surface area (Å²) in [5, 5.41) is 0.776. The van der Waals surface area contributed by atoms with E-state index in [0.717, 1.165) is 80.4 Å². The number of piperazine rings is 1. The quantitative estimate of drug-likeness (QED) is 0.355. The molecule has 2 atom stereocenters. The van der Waals surface area contributed by atoms with Gasteiger partial charge in [0.1, 0.15) is 17.5 Å². The zero-order valence-electron chi connectivity index (χ0n) is 23.0. The highest BCUT2D eigenvalue weighted by Gasteiger charge is 2.29. The number of nitrogens with zero attached hydrogens (tertiary/aromatic N) is 7. The second-order valence-electron chi connectivity index (χ2n) is 10.9. The van der Waals surface area contributed by atoms with E-state index in [1.165, 1.54) is 6.07 Å². The van der Waals surface area contributed by atoms with Crippen LogP contribution in [0.2, 0.25) is 10.0 Å². The minimum absolute atomic E-state index is 0.0860. The molecule has 2 aromatic heterocycles. The van der Waals surface area contributed by atoms with Crippen LogP contribution in [0.25, 0.3) is 11.3 Å². The standard InChI is InChI=1S/C29H36Cl2FN7/c1-19-6-5-10-39(19)29-34-26(22-7-8-25(32)23(30)15-22)16-27(35-29)38-13-12-37(18-20(38)2)28-24(31)14-21(17-33-28)9-11-36(3)4/h7-8,14-17,19-20H,5-6,9-13,18H2,1-4H3. The summed E-state index contributed by atoms with van der Waals surface area (Å²) in [6.45, 7) is 8.58. The number of halogens is 3. The van der Waals surface area contributed by atoms with E-state index in [2.05, 4.69) is 47.5 Å². The Hall–Kier alpha value is -2.68. The molecule has 0 aliphatic carbocycles. The van der Waals surface area contributed by atoms with Crippen LogP contribution in [-0.2, 0) is 6.42 Å². The molecule has 1 aromatic carbocycles. The van der Waals surface area contributed by atoms with Crippen LogP contribution >= 0.6 is 23.2 Å². The van der Waals surface area contributed by atoms with Crippen molar-refractivity contribution in [3.63, 3.8) is 0 Å². The lowest BCUT2D eigenvalue weighted by atomic mass is 10.1. The topological polar surface area (TPSA) is 51.6 Å². The summed E-state index contributed by atoms with van der Waals surface area (Å²) in [4.78, 5) is 23.7. The predicted molar refractivity (Wildman–Crippen MR) is 159 cm³/mol. The Balaban J connectivity index is 1.40. The summed E-state index contributed by atoms with van der Waals surface area (Å²) in [5.41, 5.74) is 2.65. The number of rotatable bonds is 7. The number of likely N-dealkylation sites (N-methyl/N-ethyl adjacent to an activating group) is 1. The molecular weight excluding hydrogens is 536 g/mol. The minimum atomic E-state index is -0.439. The molecule has 0 bridgehead atoms. The molecule has 4 heterocycles. The molecule has 39 heavy (non-hydrogen) atoms. The summed E-state index contributed by atoms with van der Waals surface area (Å²) >= 11 is 12.8. The van der Waals surface area contributed by atoms with Crippen LogP contribution in [0.4, 0.5) is 22.0 Å². The smallest absolute Gasteiger partial charge is 0.228 e. The highest BCUT2D eigenvalue weighted by Crippen LogP contribution is 2.33. The Kier molecular flexibility index (Phi) is 8.45. The van der Waals surface area contributed by atoms with Crippen molar-refractivity contribution in [2.45, 2.75) is 45.2 Å². The van der Waals surface area contributed by atoms with Crippen molar-refractivity contribution in [2.24, 2.45) is 0 Å². The third kappa shape index (κ3) is 6.23. The molecule has 0 amide bonds. The maximum absolute atomic E-state index is 13.9. The van der Waals surface area contributed by atoms with Crippen molar-refractivity contribution in [3.05, 3.63) is 58.0 Å². The van der Waals surface area contributed by atoms with Crippen LogP contribution in [0.3, 0.4) is 0 Å². The molecule has 0 spiro atoms. The van der Waals surface area contributed by atoms with Gasteiger partial charge in [-0.1, -0.05) is 23.2 Å². The SMILES string of the molecule is CC1CN(c2ncc(CCN(C)C)cc2Cl)CCN1c1cc(-c2ccc(F)c(Cl)c2)nc(N2CCCC2C)n1. The van der Waals surface area contributed by atoms with Gasteiger partial charge in [-0.2, -0.15) is 4.98 Å². The van der Waals surface area contributed by atoms with Gasteiger partial charge in [-0.3, -0.25) is 0 Å². The molecule has 208 valence electrons. The van der Waals surface area contributed by atoms with E-state index in [4.69, 9.17) is 38.2 Å². The van der Waals surface area contributed by atoms with Crippen molar-refractivity contribution >= 4 is 40.8 Å². The molecule has 0 saturated carbocycles. The van der Waals surface area contributed by atoms with Gasteiger partial charge < -0.3 is 19.6 Å². The Morgan fingerprint density at radius 1 is 0.974 bits per heavy atom. The number of benzene rings is 1. The first-order valence-corrected chi connectivity index (χ1v) is 14.4. The highest BCUT2D eigenvalue weighted by atomic mass is 35.5. The maximum atomic E-state index is 13.9. The van der Waals surface area contributed by atoms with Crippen molar-refractivity contribution in [1.29, 1.82) is 0 Å². The Morgan fingerprint density at radius 2 is 1.79 bits per heavy atom. The lowest BCUT2D eigenvalue weighted by molar-refractivity contribution is 0.413. The van der Waals surface area contributed by atoms with Crippen molar-refractivity contribution in [1.82, 2.24) is 19.9 Å². The van der Waals surface area contributed by atoms with E-state index in [9.17, 15) is 4.39 Å². The number of pyridine rings is 1. The van der Waals surface area contributed by atoms with Crippen LogP contribution in [-0.4, -0.2) is 78.8 Å². The highest BCUT2D eigenvalue weighted by molar-refractivity contribution is 6.33. The zero-order valence-corrected chi connectivity index (χ0v) is 24.6. The average molecular weight is 573 g/mol. The second kappa shape index (κ2) is 11.8. The van der Waals surface area contributed by atoms with Gasteiger partial charge in [0.25, 0.3) is 0 Å². The molecule has 2 aliphatic heterocycles. The molecule has 5 rings (SSSR count). The van der Waals surface area contributed by atoms with Gasteiger partial charge >= 0.3 is 0 Å². The van der Waals surface area contributed by atoms with Gasteiger partial charge in [0.2, 0.25) is 5.95 Å². The maximum Gasteiger partial charge on any atom is 0.228 e. The fourth-order valence-corrected chi connectivity index (χ4v) is 5.90. The first kappa shape index (κ1) is 27.9. The number of anilines is 3.